The third-order valence-electron chi connectivity index (χ3n) is 17.8. The van der Waals surface area contributed by atoms with Gasteiger partial charge in [0.05, 0.1) is 57.6 Å². The number of aromatic nitrogens is 6. The highest BCUT2D eigenvalue weighted by Gasteiger charge is 2.42. The van der Waals surface area contributed by atoms with Crippen molar-refractivity contribution in [1.29, 1.82) is 0 Å². The van der Waals surface area contributed by atoms with Crippen LogP contribution in [0.2, 0.25) is 0 Å². The number of benzene rings is 2. The SMILES string of the molecule is NCCCC[C@H](NC(=O)[C@@H]1CCCN1C(=O)[C@@H]1CSSC[C@H](NC(=O)CNC(=O)CNC(=O)CNC(=O)[C@H](Cc2cnc[nH]2)NC(=O)[C@H](Cc2cnc[nH]2)NC(=O)[C@@H](N)Cc2cnc[nH]2)C(=O)N[C@H](Cc2ccc(O)cc2)C(=O)N[C@@H](Cc2ccccc2)C(=O)N[C@@H](CCC(N)=O)C(=O)N[C@@H](CC(N)=O)C(=O)N1)C(=O)NCC(N)=O. The van der Waals surface area contributed by atoms with Crippen LogP contribution >= 0.6 is 21.6 Å². The van der Waals surface area contributed by atoms with Crippen LogP contribution in [0.5, 0.6) is 5.75 Å². The number of H-pyrrole nitrogens is 3. The summed E-state index contributed by atoms with van der Waals surface area (Å²) in [6, 6.07) is -3.12. The van der Waals surface area contributed by atoms with Gasteiger partial charge in [0.1, 0.15) is 66.2 Å². The summed E-state index contributed by atoms with van der Waals surface area (Å²) in [7, 11) is 1.63. The number of hydrogen-bond acceptors (Lipinski definition) is 25. The Morgan fingerprint density at radius 3 is 1.63 bits per heavy atom. The van der Waals surface area contributed by atoms with Gasteiger partial charge in [0.2, 0.25) is 100 Å². The Morgan fingerprint density at radius 1 is 0.530 bits per heavy atom. The second-order valence-corrected chi connectivity index (χ2v) is 29.3. The number of phenols is 1. The van der Waals surface area contributed by atoms with Crippen molar-refractivity contribution in [3.63, 3.8) is 0 Å². The van der Waals surface area contributed by atoms with Crippen LogP contribution in [-0.2, 0) is 114 Å². The molecule has 0 saturated carbocycles. The summed E-state index contributed by atoms with van der Waals surface area (Å²) in [5.74, 6) is -17.4. The molecular formula is C70H95N25O18S2. The number of nitrogens with zero attached hydrogens (tertiary/aromatic N) is 4. The zero-order valence-electron chi connectivity index (χ0n) is 62.2. The first-order valence-electron chi connectivity index (χ1n) is 36.4. The van der Waals surface area contributed by atoms with Crippen LogP contribution in [-0.4, -0.2) is 258 Å². The van der Waals surface area contributed by atoms with Crippen molar-refractivity contribution in [3.8, 4) is 5.75 Å². The fourth-order valence-electron chi connectivity index (χ4n) is 11.8. The summed E-state index contributed by atoms with van der Waals surface area (Å²) in [6.45, 7) is -2.86. The fraction of sp³-hybridized carbons (Fsp3) is 0.457. The lowest BCUT2D eigenvalue weighted by atomic mass is 10.0. The second kappa shape index (κ2) is 45.9. The summed E-state index contributed by atoms with van der Waals surface area (Å²) in [5.41, 5.74) is 30.4. The molecule has 0 aliphatic carbocycles. The van der Waals surface area contributed by atoms with Gasteiger partial charge in [0.25, 0.3) is 0 Å². The number of hydrogen-bond donors (Lipinski definition) is 22. The van der Waals surface area contributed by atoms with E-state index in [9.17, 15) is 81.8 Å². The maximum absolute atomic E-state index is 15.1. The molecule has 0 radical (unpaired) electrons. The van der Waals surface area contributed by atoms with Crippen molar-refractivity contribution < 1.29 is 86.6 Å². The number of imidazole rings is 3. The molecule has 2 saturated heterocycles. The number of aromatic hydroxyl groups is 1. The normalized spacial score (nSPS) is 19.4. The van der Waals surface area contributed by atoms with E-state index in [1.54, 1.807) is 30.3 Å². The van der Waals surface area contributed by atoms with Gasteiger partial charge in [-0.1, -0.05) is 64.1 Å². The van der Waals surface area contributed by atoms with E-state index in [1.165, 1.54) is 61.8 Å². The molecule has 0 unspecified atom stereocenters. The molecule has 2 aliphatic heterocycles. The van der Waals surface area contributed by atoms with Crippen molar-refractivity contribution in [2.24, 2.45) is 28.7 Å². The summed E-state index contributed by atoms with van der Waals surface area (Å²) in [6.07, 6.45) is 6.56. The average Bonchev–Trinajstić information content (AvgIpc) is 1.77. The summed E-state index contributed by atoms with van der Waals surface area (Å²) < 4.78 is 0. The Bertz CT molecular complexity index is 4180. The monoisotopic (exact) mass is 1640 g/mol. The van der Waals surface area contributed by atoms with Gasteiger partial charge in [0, 0.05) is 92.2 Å². The van der Waals surface area contributed by atoms with Crippen molar-refractivity contribution in [1.82, 2.24) is 104 Å². The van der Waals surface area contributed by atoms with E-state index in [0.717, 1.165) is 26.5 Å². The van der Waals surface area contributed by atoms with Gasteiger partial charge in [-0.2, -0.15) is 0 Å². The average molecular weight is 1640 g/mol. The molecule has 620 valence electrons. The number of nitrogens with two attached hydrogens (primary N) is 5. The standard InChI is InChI=1S/C70H95N25O18S2/c71-17-5-4-9-44(61(104)81-28-56(75)99)88-69(112)53-10-6-18-95(53)70(113)52-33-115-114-32-51(68(111)91-47(20-38-11-13-42(96)14-12-38)65(108)90-46(19-37-7-2-1-3-8-37)64(107)87-45(15-16-54(73)97)63(106)93-50(24-55(74)98)67(110)94-52)86-59(102)31-80-57(100)29-79-58(101)30-82-62(105)48(22-40-26-77-35-84-40)92-66(109)49(23-41-27-78-36-85-41)89-60(103)43(72)21-39-25-76-34-83-39/h1-3,7-8,11-14,25-27,34-36,43-53,96H,4-6,9-10,15-24,28-33,71-72H2,(H2,73,97)(H2,74,98)(H2,75,99)(H,76,83)(H,77,84)(H,78,85)(H,79,101)(H,80,100)(H,81,104)(H,82,105)(H,86,102)(H,87,107)(H,88,112)(H,89,103)(H,90,108)(H,91,111)(H,92,109)(H,93,106)(H,94,110)/t43-,44-,45-,46-,47+,48-,49-,50-,51-,52-,53-/m0/s1. The minimum Gasteiger partial charge on any atom is -0.508 e. The molecule has 27 N–H and O–H groups in total. The number of carbonyl (C=O) groups is 17. The molecular weight excluding hydrogens is 1540 g/mol. The van der Waals surface area contributed by atoms with E-state index in [2.05, 4.69) is 99.0 Å². The van der Waals surface area contributed by atoms with Crippen molar-refractivity contribution in [2.75, 3.05) is 50.8 Å². The maximum atomic E-state index is 15.1. The lowest BCUT2D eigenvalue weighted by molar-refractivity contribution is -0.142. The van der Waals surface area contributed by atoms with Crippen LogP contribution in [0, 0.1) is 0 Å². The molecule has 2 aliphatic rings. The number of likely N-dealkylation sites (tertiary alicyclic amines) is 1. The quantitative estimate of drug-likeness (QED) is 0.0130. The first-order chi connectivity index (χ1) is 55.0. The lowest BCUT2D eigenvalue weighted by Crippen LogP contribution is -2.61. The molecule has 45 heteroatoms. The van der Waals surface area contributed by atoms with Crippen molar-refractivity contribution >= 4 is 122 Å². The van der Waals surface area contributed by atoms with E-state index in [4.69, 9.17) is 28.7 Å². The molecule has 3 aromatic heterocycles. The fourth-order valence-corrected chi connectivity index (χ4v) is 14.1. The lowest BCUT2D eigenvalue weighted by Gasteiger charge is -2.31. The van der Waals surface area contributed by atoms with Crippen LogP contribution < -0.4 is 97.8 Å². The molecule has 17 amide bonds. The van der Waals surface area contributed by atoms with E-state index >= 15 is 4.79 Å². The third kappa shape index (κ3) is 30.5. The van der Waals surface area contributed by atoms with Crippen LogP contribution in [0.25, 0.3) is 0 Å². The van der Waals surface area contributed by atoms with E-state index in [1.807, 2.05) is 0 Å². The molecule has 2 fully saturated rings. The highest BCUT2D eigenvalue weighted by molar-refractivity contribution is 8.76. The molecule has 115 heavy (non-hydrogen) atoms. The number of unbranched alkanes of at least 4 members (excludes halogenated alkanes) is 1. The van der Waals surface area contributed by atoms with Gasteiger partial charge in [-0.15, -0.1) is 0 Å². The maximum Gasteiger partial charge on any atom is 0.246 e. The molecule has 11 atom stereocenters. The Kier molecular flexibility index (Phi) is 35.8. The Hall–Kier alpha value is -12.5. The van der Waals surface area contributed by atoms with Gasteiger partial charge in [-0.05, 0) is 68.3 Å². The number of nitrogens with one attached hydrogen (secondary N) is 16. The Labute approximate surface area is 665 Å². The molecule has 5 heterocycles. The van der Waals surface area contributed by atoms with Crippen molar-refractivity contribution in [2.45, 2.75) is 150 Å². The second-order valence-electron chi connectivity index (χ2n) is 26.8. The van der Waals surface area contributed by atoms with Gasteiger partial charge in [-0.25, -0.2) is 15.0 Å². The topological polar surface area (TPSA) is 686 Å². The van der Waals surface area contributed by atoms with E-state index in [-0.39, 0.29) is 70.2 Å². The summed E-state index contributed by atoms with van der Waals surface area (Å²) >= 11 is 0. The van der Waals surface area contributed by atoms with E-state index in [0.29, 0.717) is 41.1 Å². The summed E-state index contributed by atoms with van der Waals surface area (Å²) in [5, 5.41) is 42.6. The Balaban J connectivity index is 1.12. The number of amides is 17. The highest BCUT2D eigenvalue weighted by atomic mass is 33.1. The number of primary amides is 3. The molecule has 2 aromatic carbocycles. The van der Waals surface area contributed by atoms with Gasteiger partial charge in [0.15, 0.2) is 0 Å². The zero-order valence-corrected chi connectivity index (χ0v) is 63.9. The predicted molar refractivity (Wildman–Crippen MR) is 410 cm³/mol. The minimum atomic E-state index is -1.93. The molecule has 43 nitrogen and oxygen atoms in total. The predicted octanol–water partition coefficient (Wildman–Crippen LogP) is -8.63. The number of aromatic amines is 3. The first-order valence-corrected chi connectivity index (χ1v) is 38.9. The number of phenolic OH excluding ortho intramolecular Hbond substituents is 1. The molecule has 5 aromatic rings. The van der Waals surface area contributed by atoms with Crippen molar-refractivity contribution in [3.05, 3.63) is 120 Å². The summed E-state index contributed by atoms with van der Waals surface area (Å²) in [4.78, 5) is 256. The van der Waals surface area contributed by atoms with Gasteiger partial charge in [-0.3, -0.25) is 81.5 Å². The first kappa shape index (κ1) is 89.7. The largest absolute Gasteiger partial charge is 0.508 e. The minimum absolute atomic E-state index is 0.0342. The van der Waals surface area contributed by atoms with Gasteiger partial charge >= 0.3 is 0 Å². The van der Waals surface area contributed by atoms with Crippen LogP contribution in [0.4, 0.5) is 0 Å². The van der Waals surface area contributed by atoms with Crippen LogP contribution in [0.3, 0.4) is 0 Å². The molecule has 0 bridgehead atoms. The van der Waals surface area contributed by atoms with Crippen LogP contribution in [0.15, 0.2) is 92.2 Å². The Morgan fingerprint density at radius 2 is 1.04 bits per heavy atom. The smallest absolute Gasteiger partial charge is 0.246 e. The van der Waals surface area contributed by atoms with Gasteiger partial charge < -0.3 is 123 Å². The van der Waals surface area contributed by atoms with Crippen LogP contribution in [0.1, 0.15) is 79.6 Å². The zero-order chi connectivity index (χ0) is 83.5. The third-order valence-corrected chi connectivity index (χ3v) is 20.2. The van der Waals surface area contributed by atoms with E-state index < -0.39 is 224 Å². The number of rotatable bonds is 37. The molecule has 0 spiro atoms. The molecule has 7 rings (SSSR count). The highest BCUT2D eigenvalue weighted by Crippen LogP contribution is 2.27. The number of carbonyl (C=O) groups excluding carboxylic acids is 17.